The Bertz CT molecular complexity index is 494. The largest absolute Gasteiger partial charge is 0.385 e. The summed E-state index contributed by atoms with van der Waals surface area (Å²) in [6, 6.07) is 6.37. The van der Waals surface area contributed by atoms with Crippen molar-refractivity contribution in [3.8, 4) is 0 Å². The summed E-state index contributed by atoms with van der Waals surface area (Å²) in [4.78, 5) is 13.4. The zero-order chi connectivity index (χ0) is 13.9. The molecule has 0 aliphatic carbocycles. The average molecular weight is 273 g/mol. The molecule has 1 saturated heterocycles. The third-order valence-electron chi connectivity index (χ3n) is 4.35. The van der Waals surface area contributed by atoms with E-state index in [4.69, 9.17) is 0 Å². The van der Waals surface area contributed by atoms with Crippen molar-refractivity contribution < 1.29 is 4.79 Å². The van der Waals surface area contributed by atoms with Gasteiger partial charge in [0.2, 0.25) is 5.91 Å². The molecule has 2 N–H and O–H groups in total. The van der Waals surface area contributed by atoms with Gasteiger partial charge in [-0.1, -0.05) is 0 Å². The van der Waals surface area contributed by atoms with E-state index >= 15 is 0 Å². The minimum Gasteiger partial charge on any atom is -0.385 e. The Balaban J connectivity index is 1.63. The number of rotatable bonds is 3. The first kappa shape index (κ1) is 13.4. The molecule has 2 aliphatic heterocycles. The van der Waals surface area contributed by atoms with E-state index < -0.39 is 0 Å². The first-order chi connectivity index (χ1) is 9.74. The molecule has 4 heteroatoms. The maximum absolute atomic E-state index is 11.5. The van der Waals surface area contributed by atoms with Crippen molar-refractivity contribution in [3.05, 3.63) is 23.8 Å². The second-order valence-corrected chi connectivity index (χ2v) is 5.86. The SMILES string of the molecule is CC(=O)N1CCc2cc(NCC3CCCNC3)ccc21. The first-order valence-electron chi connectivity index (χ1n) is 7.59. The van der Waals surface area contributed by atoms with Crippen molar-refractivity contribution in [1.29, 1.82) is 0 Å². The lowest BCUT2D eigenvalue weighted by Gasteiger charge is -2.23. The molecular weight excluding hydrogens is 250 g/mol. The molecule has 4 nitrogen and oxygen atoms in total. The van der Waals surface area contributed by atoms with Gasteiger partial charge in [0, 0.05) is 31.4 Å². The third kappa shape index (κ3) is 2.80. The maximum Gasteiger partial charge on any atom is 0.223 e. The van der Waals surface area contributed by atoms with Crippen LogP contribution in [-0.2, 0) is 11.2 Å². The van der Waals surface area contributed by atoms with Crippen LogP contribution in [0.15, 0.2) is 18.2 Å². The second kappa shape index (κ2) is 5.83. The minimum atomic E-state index is 0.137. The number of carbonyl (C=O) groups is 1. The molecule has 2 aliphatic rings. The number of amides is 1. The van der Waals surface area contributed by atoms with Gasteiger partial charge in [-0.25, -0.2) is 0 Å². The van der Waals surface area contributed by atoms with Crippen LogP contribution in [0.4, 0.5) is 11.4 Å². The summed E-state index contributed by atoms with van der Waals surface area (Å²) in [7, 11) is 0. The van der Waals surface area contributed by atoms with Crippen LogP contribution >= 0.6 is 0 Å². The molecule has 1 unspecified atom stereocenters. The molecule has 0 bridgehead atoms. The van der Waals surface area contributed by atoms with E-state index in [1.54, 1.807) is 6.92 Å². The molecule has 1 atom stereocenters. The summed E-state index contributed by atoms with van der Waals surface area (Å²) in [5.41, 5.74) is 3.55. The Hall–Kier alpha value is -1.55. The van der Waals surface area contributed by atoms with Gasteiger partial charge in [-0.05, 0) is 62.0 Å². The second-order valence-electron chi connectivity index (χ2n) is 5.86. The van der Waals surface area contributed by atoms with Crippen LogP contribution < -0.4 is 15.5 Å². The van der Waals surface area contributed by atoms with Crippen LogP contribution in [0.5, 0.6) is 0 Å². The highest BCUT2D eigenvalue weighted by Crippen LogP contribution is 2.30. The van der Waals surface area contributed by atoms with Crippen LogP contribution in [0.3, 0.4) is 0 Å². The van der Waals surface area contributed by atoms with Crippen LogP contribution in [-0.4, -0.2) is 32.1 Å². The molecule has 1 amide bonds. The van der Waals surface area contributed by atoms with Gasteiger partial charge in [0.1, 0.15) is 0 Å². The minimum absolute atomic E-state index is 0.137. The highest BCUT2D eigenvalue weighted by Gasteiger charge is 2.22. The summed E-state index contributed by atoms with van der Waals surface area (Å²) in [6.07, 6.45) is 3.56. The number of hydrogen-bond donors (Lipinski definition) is 2. The number of anilines is 2. The summed E-state index contributed by atoms with van der Waals surface area (Å²) >= 11 is 0. The number of piperidine rings is 1. The number of nitrogens with one attached hydrogen (secondary N) is 2. The van der Waals surface area contributed by atoms with Crippen molar-refractivity contribution in [2.24, 2.45) is 5.92 Å². The molecule has 20 heavy (non-hydrogen) atoms. The van der Waals surface area contributed by atoms with Gasteiger partial charge in [-0.3, -0.25) is 4.79 Å². The molecule has 0 saturated carbocycles. The molecule has 0 spiro atoms. The van der Waals surface area contributed by atoms with Gasteiger partial charge in [0.15, 0.2) is 0 Å². The number of benzene rings is 1. The van der Waals surface area contributed by atoms with Crippen LogP contribution in [0, 0.1) is 5.92 Å². The Kier molecular flexibility index (Phi) is 3.92. The van der Waals surface area contributed by atoms with Gasteiger partial charge in [0.05, 0.1) is 0 Å². The van der Waals surface area contributed by atoms with Crippen molar-refractivity contribution in [2.75, 3.05) is 36.4 Å². The molecule has 3 rings (SSSR count). The maximum atomic E-state index is 11.5. The van der Waals surface area contributed by atoms with Gasteiger partial charge in [-0.15, -0.1) is 0 Å². The highest BCUT2D eigenvalue weighted by molar-refractivity contribution is 5.94. The lowest BCUT2D eigenvalue weighted by molar-refractivity contribution is -0.116. The van der Waals surface area contributed by atoms with Crippen molar-refractivity contribution >= 4 is 17.3 Å². The predicted octanol–water partition coefficient (Wildman–Crippen LogP) is 2.01. The number of carbonyl (C=O) groups excluding carboxylic acids is 1. The third-order valence-corrected chi connectivity index (χ3v) is 4.35. The van der Waals surface area contributed by atoms with E-state index in [0.717, 1.165) is 44.2 Å². The van der Waals surface area contributed by atoms with E-state index in [0.29, 0.717) is 0 Å². The Labute approximate surface area is 120 Å². The van der Waals surface area contributed by atoms with Crippen molar-refractivity contribution in [1.82, 2.24) is 5.32 Å². The zero-order valence-corrected chi connectivity index (χ0v) is 12.1. The van der Waals surface area contributed by atoms with Crippen LogP contribution in [0.1, 0.15) is 25.3 Å². The van der Waals surface area contributed by atoms with E-state index in [2.05, 4.69) is 28.8 Å². The van der Waals surface area contributed by atoms with Gasteiger partial charge in [0.25, 0.3) is 0 Å². The molecule has 108 valence electrons. The first-order valence-corrected chi connectivity index (χ1v) is 7.59. The van der Waals surface area contributed by atoms with Crippen molar-refractivity contribution in [3.63, 3.8) is 0 Å². The van der Waals surface area contributed by atoms with Gasteiger partial charge < -0.3 is 15.5 Å². The van der Waals surface area contributed by atoms with Crippen LogP contribution in [0.2, 0.25) is 0 Å². The quantitative estimate of drug-likeness (QED) is 0.885. The lowest BCUT2D eigenvalue weighted by atomic mass is 9.99. The molecule has 2 heterocycles. The Morgan fingerprint density at radius 2 is 2.40 bits per heavy atom. The smallest absolute Gasteiger partial charge is 0.223 e. The number of fused-ring (bicyclic) bond motifs is 1. The van der Waals surface area contributed by atoms with Gasteiger partial charge in [-0.2, -0.15) is 0 Å². The Morgan fingerprint density at radius 1 is 1.50 bits per heavy atom. The Morgan fingerprint density at radius 3 is 3.15 bits per heavy atom. The zero-order valence-electron chi connectivity index (χ0n) is 12.1. The number of nitrogens with zero attached hydrogens (tertiary/aromatic N) is 1. The van der Waals surface area contributed by atoms with Crippen molar-refractivity contribution in [2.45, 2.75) is 26.2 Å². The summed E-state index contributed by atoms with van der Waals surface area (Å²) in [6.45, 7) is 5.77. The van der Waals surface area contributed by atoms with Gasteiger partial charge >= 0.3 is 0 Å². The molecule has 1 fully saturated rings. The monoisotopic (exact) mass is 273 g/mol. The fourth-order valence-electron chi connectivity index (χ4n) is 3.20. The molecule has 0 radical (unpaired) electrons. The topological polar surface area (TPSA) is 44.4 Å². The fourth-order valence-corrected chi connectivity index (χ4v) is 3.20. The van der Waals surface area contributed by atoms with E-state index in [-0.39, 0.29) is 5.91 Å². The fraction of sp³-hybridized carbons (Fsp3) is 0.562. The molecule has 1 aromatic rings. The van der Waals surface area contributed by atoms with E-state index in [1.165, 1.54) is 24.1 Å². The summed E-state index contributed by atoms with van der Waals surface area (Å²) in [5, 5.41) is 6.99. The van der Waals surface area contributed by atoms with Crippen LogP contribution in [0.25, 0.3) is 0 Å². The molecular formula is C16H23N3O. The molecule has 1 aromatic carbocycles. The number of hydrogen-bond acceptors (Lipinski definition) is 3. The standard InChI is InChI=1S/C16H23N3O/c1-12(20)19-8-6-14-9-15(4-5-16(14)19)18-11-13-3-2-7-17-10-13/h4-5,9,13,17-18H,2-3,6-8,10-11H2,1H3. The highest BCUT2D eigenvalue weighted by atomic mass is 16.2. The normalized spacial score (nSPS) is 21.6. The predicted molar refractivity (Wildman–Crippen MR) is 82.3 cm³/mol. The summed E-state index contributed by atoms with van der Waals surface area (Å²) < 4.78 is 0. The summed E-state index contributed by atoms with van der Waals surface area (Å²) in [5.74, 6) is 0.864. The average Bonchev–Trinajstić information content (AvgIpc) is 2.89. The molecule has 0 aromatic heterocycles. The van der Waals surface area contributed by atoms with E-state index in [1.807, 2.05) is 4.90 Å². The van der Waals surface area contributed by atoms with E-state index in [9.17, 15) is 4.79 Å². The lowest BCUT2D eigenvalue weighted by Crippen LogP contribution is -2.33.